The van der Waals surface area contributed by atoms with E-state index < -0.39 is 0 Å². The van der Waals surface area contributed by atoms with Crippen LogP contribution >= 0.6 is 0 Å². The summed E-state index contributed by atoms with van der Waals surface area (Å²) >= 11 is 0. The van der Waals surface area contributed by atoms with Crippen LogP contribution in [0.15, 0.2) is 36.4 Å². The zero-order chi connectivity index (χ0) is 21.7. The molecule has 0 saturated carbocycles. The van der Waals surface area contributed by atoms with Crippen molar-refractivity contribution in [3.8, 4) is 11.5 Å². The maximum absolute atomic E-state index is 12.6. The van der Waals surface area contributed by atoms with Gasteiger partial charge in [0.25, 0.3) is 5.91 Å². The predicted molar refractivity (Wildman–Crippen MR) is 116 cm³/mol. The van der Waals surface area contributed by atoms with Crippen molar-refractivity contribution in [2.45, 2.75) is 27.2 Å². The van der Waals surface area contributed by atoms with Crippen LogP contribution in [0.4, 0.5) is 0 Å². The van der Waals surface area contributed by atoms with E-state index >= 15 is 0 Å². The Morgan fingerprint density at radius 2 is 1.40 bits per heavy atom. The lowest BCUT2D eigenvalue weighted by Crippen LogP contribution is -2.52. The van der Waals surface area contributed by atoms with Crippen LogP contribution < -0.4 is 9.47 Å². The molecule has 1 heterocycles. The standard InChI is InChI=1S/C24H30N2O4/c1-17-5-6-18(2)24(19(17)3)30-16-23(28)26-13-11-25(12-14-26)22(27)15-20-7-9-21(29-4)10-8-20/h5-10H,11-16H2,1-4H3. The normalized spacial score (nSPS) is 13.9. The molecule has 0 spiro atoms. The molecule has 1 fully saturated rings. The molecule has 1 saturated heterocycles. The Bertz CT molecular complexity index is 900. The summed E-state index contributed by atoms with van der Waals surface area (Å²) in [5.74, 6) is 1.60. The molecule has 0 aliphatic carbocycles. The number of benzene rings is 2. The number of carbonyl (C=O) groups is 2. The number of carbonyl (C=O) groups excluding carboxylic acids is 2. The molecule has 2 aromatic rings. The summed E-state index contributed by atoms with van der Waals surface area (Å²) in [5.41, 5.74) is 4.19. The number of methoxy groups -OCH3 is 1. The third kappa shape index (κ3) is 5.12. The topological polar surface area (TPSA) is 59.1 Å². The Balaban J connectivity index is 1.48. The van der Waals surface area contributed by atoms with Crippen molar-refractivity contribution in [2.75, 3.05) is 39.9 Å². The van der Waals surface area contributed by atoms with Gasteiger partial charge >= 0.3 is 0 Å². The molecule has 160 valence electrons. The molecule has 0 bridgehead atoms. The second kappa shape index (κ2) is 9.65. The Labute approximate surface area is 178 Å². The van der Waals surface area contributed by atoms with E-state index in [2.05, 4.69) is 6.07 Å². The molecule has 0 atom stereocenters. The fraction of sp³-hybridized carbons (Fsp3) is 0.417. The van der Waals surface area contributed by atoms with Crippen molar-refractivity contribution < 1.29 is 19.1 Å². The third-order valence-electron chi connectivity index (χ3n) is 5.71. The highest BCUT2D eigenvalue weighted by Crippen LogP contribution is 2.25. The van der Waals surface area contributed by atoms with E-state index in [1.165, 1.54) is 0 Å². The minimum Gasteiger partial charge on any atom is -0.497 e. The van der Waals surface area contributed by atoms with E-state index in [0.29, 0.717) is 32.6 Å². The molecule has 0 unspecified atom stereocenters. The molecule has 0 radical (unpaired) electrons. The first-order chi connectivity index (χ1) is 14.4. The molecule has 1 aliphatic rings. The van der Waals surface area contributed by atoms with Crippen molar-refractivity contribution in [1.29, 1.82) is 0 Å². The number of ether oxygens (including phenoxy) is 2. The summed E-state index contributed by atoms with van der Waals surface area (Å²) in [6.07, 6.45) is 0.354. The van der Waals surface area contributed by atoms with Crippen molar-refractivity contribution in [3.63, 3.8) is 0 Å². The maximum atomic E-state index is 12.6. The highest BCUT2D eigenvalue weighted by atomic mass is 16.5. The van der Waals surface area contributed by atoms with Crippen molar-refractivity contribution >= 4 is 11.8 Å². The summed E-state index contributed by atoms with van der Waals surface area (Å²) in [6, 6.07) is 11.6. The summed E-state index contributed by atoms with van der Waals surface area (Å²) in [7, 11) is 1.62. The van der Waals surface area contributed by atoms with Gasteiger partial charge < -0.3 is 19.3 Å². The molecule has 6 nitrogen and oxygen atoms in total. The first-order valence-electron chi connectivity index (χ1n) is 10.3. The van der Waals surface area contributed by atoms with Gasteiger partial charge in [-0.3, -0.25) is 9.59 Å². The number of piperazine rings is 1. The molecule has 30 heavy (non-hydrogen) atoms. The number of hydrogen-bond acceptors (Lipinski definition) is 4. The summed E-state index contributed by atoms with van der Waals surface area (Å²) < 4.78 is 11.0. The van der Waals surface area contributed by atoms with Crippen LogP contribution in [-0.4, -0.2) is 61.5 Å². The average molecular weight is 411 g/mol. The van der Waals surface area contributed by atoms with Crippen molar-refractivity contribution in [2.24, 2.45) is 0 Å². The van der Waals surface area contributed by atoms with Crippen LogP contribution in [0.2, 0.25) is 0 Å². The van der Waals surface area contributed by atoms with Gasteiger partial charge in [0.15, 0.2) is 6.61 Å². The predicted octanol–water partition coefficient (Wildman–Crippen LogP) is 2.91. The molecule has 6 heteroatoms. The largest absolute Gasteiger partial charge is 0.497 e. The van der Waals surface area contributed by atoms with Gasteiger partial charge in [-0.2, -0.15) is 0 Å². The molecule has 2 amide bonds. The zero-order valence-corrected chi connectivity index (χ0v) is 18.2. The molecule has 3 rings (SSSR count). The highest BCUT2D eigenvalue weighted by Gasteiger charge is 2.24. The molecule has 1 aliphatic heterocycles. The molecule has 2 aromatic carbocycles. The lowest BCUT2D eigenvalue weighted by atomic mass is 10.1. The first kappa shape index (κ1) is 21.7. The molecule has 0 aromatic heterocycles. The molecule has 0 N–H and O–H groups in total. The van der Waals surface area contributed by atoms with E-state index in [0.717, 1.165) is 33.8 Å². The minimum atomic E-state index is -0.0439. The Kier molecular flexibility index (Phi) is 6.98. The summed E-state index contributed by atoms with van der Waals surface area (Å²) in [6.45, 7) is 8.20. The van der Waals surface area contributed by atoms with Gasteiger partial charge in [-0.15, -0.1) is 0 Å². The quantitative estimate of drug-likeness (QED) is 0.735. The Morgan fingerprint density at radius 3 is 2.00 bits per heavy atom. The maximum Gasteiger partial charge on any atom is 0.260 e. The van der Waals surface area contributed by atoms with Crippen LogP contribution in [0.3, 0.4) is 0 Å². The average Bonchev–Trinajstić information content (AvgIpc) is 2.77. The SMILES string of the molecule is COc1ccc(CC(=O)N2CCN(C(=O)COc3c(C)ccc(C)c3C)CC2)cc1. The molecular formula is C24H30N2O4. The van der Waals surface area contributed by atoms with Gasteiger partial charge in [0.2, 0.25) is 5.91 Å². The van der Waals surface area contributed by atoms with E-state index in [1.807, 2.05) is 56.0 Å². The number of amides is 2. The smallest absolute Gasteiger partial charge is 0.260 e. The van der Waals surface area contributed by atoms with Gasteiger partial charge in [0.1, 0.15) is 11.5 Å². The fourth-order valence-electron chi connectivity index (χ4n) is 3.61. The Hall–Kier alpha value is -3.02. The van der Waals surface area contributed by atoms with Crippen LogP contribution in [0, 0.1) is 20.8 Å². The van der Waals surface area contributed by atoms with Crippen molar-refractivity contribution in [1.82, 2.24) is 9.80 Å². The van der Waals surface area contributed by atoms with Crippen molar-refractivity contribution in [3.05, 3.63) is 58.7 Å². The second-order valence-electron chi connectivity index (χ2n) is 7.73. The van der Waals surface area contributed by atoms with E-state index in [9.17, 15) is 9.59 Å². The second-order valence-corrected chi connectivity index (χ2v) is 7.73. The van der Waals surface area contributed by atoms with E-state index in [1.54, 1.807) is 12.0 Å². The first-order valence-corrected chi connectivity index (χ1v) is 10.3. The number of nitrogens with zero attached hydrogens (tertiary/aromatic N) is 2. The zero-order valence-electron chi connectivity index (χ0n) is 18.2. The monoisotopic (exact) mass is 410 g/mol. The summed E-state index contributed by atoms with van der Waals surface area (Å²) in [5, 5.41) is 0. The Morgan fingerprint density at radius 1 is 0.833 bits per heavy atom. The number of hydrogen-bond donors (Lipinski definition) is 0. The van der Waals surface area contributed by atoms with Crippen LogP contribution in [0.1, 0.15) is 22.3 Å². The van der Waals surface area contributed by atoms with Gasteiger partial charge in [0.05, 0.1) is 13.5 Å². The highest BCUT2D eigenvalue weighted by molar-refractivity contribution is 5.80. The lowest BCUT2D eigenvalue weighted by Gasteiger charge is -2.35. The van der Waals surface area contributed by atoms with Crippen LogP contribution in [-0.2, 0) is 16.0 Å². The van der Waals surface area contributed by atoms with Gasteiger partial charge in [-0.05, 0) is 55.2 Å². The van der Waals surface area contributed by atoms with Crippen LogP contribution in [0.5, 0.6) is 11.5 Å². The summed E-state index contributed by atoms with van der Waals surface area (Å²) in [4.78, 5) is 28.8. The lowest BCUT2D eigenvalue weighted by molar-refractivity contribution is -0.140. The van der Waals surface area contributed by atoms with Gasteiger partial charge in [-0.25, -0.2) is 0 Å². The van der Waals surface area contributed by atoms with Gasteiger partial charge in [-0.1, -0.05) is 24.3 Å². The fourth-order valence-corrected chi connectivity index (χ4v) is 3.61. The molecular weight excluding hydrogens is 380 g/mol. The minimum absolute atomic E-state index is 0.0188. The number of aryl methyl sites for hydroxylation is 2. The van der Waals surface area contributed by atoms with E-state index in [-0.39, 0.29) is 18.4 Å². The number of rotatable bonds is 6. The van der Waals surface area contributed by atoms with E-state index in [4.69, 9.17) is 9.47 Å². The van der Waals surface area contributed by atoms with Crippen LogP contribution in [0.25, 0.3) is 0 Å². The third-order valence-corrected chi connectivity index (χ3v) is 5.71. The van der Waals surface area contributed by atoms with Gasteiger partial charge in [0, 0.05) is 26.2 Å².